The Morgan fingerprint density at radius 3 is 2.80 bits per heavy atom. The molecule has 4 nitrogen and oxygen atoms in total. The first-order chi connectivity index (χ1) is 12.2. The van der Waals surface area contributed by atoms with Gasteiger partial charge in [-0.3, -0.25) is 10.1 Å². The van der Waals surface area contributed by atoms with Crippen LogP contribution in [0.3, 0.4) is 0 Å². The zero-order valence-corrected chi connectivity index (χ0v) is 14.4. The van der Waals surface area contributed by atoms with Gasteiger partial charge in [0.1, 0.15) is 11.6 Å². The summed E-state index contributed by atoms with van der Waals surface area (Å²) >= 11 is 1.04. The highest BCUT2D eigenvalue weighted by atomic mass is 32.2. The van der Waals surface area contributed by atoms with Crippen molar-refractivity contribution < 1.29 is 9.13 Å². The van der Waals surface area contributed by atoms with Crippen molar-refractivity contribution in [2.45, 2.75) is 11.4 Å². The normalized spacial score (nSPS) is 11.3. The number of hydrogen-bond donors (Lipinski definition) is 1. The predicted octanol–water partition coefficient (Wildman–Crippen LogP) is 4.35. The van der Waals surface area contributed by atoms with Crippen LogP contribution in [0.25, 0.3) is 21.9 Å². The van der Waals surface area contributed by atoms with Crippen molar-refractivity contribution in [2.75, 3.05) is 7.11 Å². The van der Waals surface area contributed by atoms with Gasteiger partial charge in [-0.1, -0.05) is 6.07 Å². The van der Waals surface area contributed by atoms with E-state index in [-0.39, 0.29) is 5.82 Å². The maximum Gasteiger partial charge on any atom is 0.129 e. The van der Waals surface area contributed by atoms with Gasteiger partial charge >= 0.3 is 0 Å². The van der Waals surface area contributed by atoms with E-state index in [0.717, 1.165) is 39.6 Å². The van der Waals surface area contributed by atoms with E-state index in [1.807, 2.05) is 36.4 Å². The molecule has 0 aliphatic heterocycles. The molecule has 0 fully saturated rings. The van der Waals surface area contributed by atoms with Crippen LogP contribution in [0.5, 0.6) is 5.75 Å². The van der Waals surface area contributed by atoms with Crippen molar-refractivity contribution in [1.82, 2.24) is 9.55 Å². The van der Waals surface area contributed by atoms with Crippen molar-refractivity contribution in [1.29, 1.82) is 0 Å². The van der Waals surface area contributed by atoms with Crippen LogP contribution in [-0.2, 0) is 6.54 Å². The fraction of sp³-hybridized carbons (Fsp3) is 0.105. The number of halogens is 1. The second-order valence-corrected chi connectivity index (χ2v) is 6.42. The summed E-state index contributed by atoms with van der Waals surface area (Å²) in [6.45, 7) is 0.416. The molecule has 0 saturated heterocycles. The lowest BCUT2D eigenvalue weighted by atomic mass is 10.2. The minimum atomic E-state index is -0.261. The van der Waals surface area contributed by atoms with E-state index in [2.05, 4.69) is 9.55 Å². The molecular weight excluding hydrogens is 337 g/mol. The lowest BCUT2D eigenvalue weighted by Gasteiger charge is -2.09. The highest BCUT2D eigenvalue weighted by Gasteiger charge is 2.14. The van der Waals surface area contributed by atoms with Gasteiger partial charge in [0.2, 0.25) is 0 Å². The van der Waals surface area contributed by atoms with Gasteiger partial charge in [0.05, 0.1) is 30.2 Å². The van der Waals surface area contributed by atoms with E-state index >= 15 is 0 Å². The van der Waals surface area contributed by atoms with Gasteiger partial charge < -0.3 is 9.30 Å². The molecule has 0 atom stereocenters. The summed E-state index contributed by atoms with van der Waals surface area (Å²) in [4.78, 5) is 5.21. The number of methoxy groups -OCH3 is 1. The first-order valence-corrected chi connectivity index (χ1v) is 8.65. The number of pyridine rings is 1. The van der Waals surface area contributed by atoms with Gasteiger partial charge in [-0.25, -0.2) is 4.39 Å². The molecule has 0 bridgehead atoms. The monoisotopic (exact) mass is 353 g/mol. The zero-order valence-electron chi connectivity index (χ0n) is 13.6. The van der Waals surface area contributed by atoms with E-state index in [0.29, 0.717) is 17.0 Å². The number of hydrogen-bond acceptors (Lipinski definition) is 4. The highest BCUT2D eigenvalue weighted by Crippen LogP contribution is 2.31. The van der Waals surface area contributed by atoms with Gasteiger partial charge in [0.25, 0.3) is 0 Å². The summed E-state index contributed by atoms with van der Waals surface area (Å²) in [5, 5.41) is 6.50. The van der Waals surface area contributed by atoms with Crippen LogP contribution in [-0.4, -0.2) is 16.7 Å². The van der Waals surface area contributed by atoms with Crippen LogP contribution in [0.4, 0.5) is 4.39 Å². The Hall–Kier alpha value is -2.57. The van der Waals surface area contributed by atoms with Crippen molar-refractivity contribution in [3.63, 3.8) is 0 Å². The Morgan fingerprint density at radius 2 is 2.04 bits per heavy atom. The van der Waals surface area contributed by atoms with Crippen LogP contribution in [0.1, 0.15) is 5.56 Å². The minimum absolute atomic E-state index is 0.261. The van der Waals surface area contributed by atoms with Crippen LogP contribution < -0.4 is 9.88 Å². The molecule has 25 heavy (non-hydrogen) atoms. The first-order valence-electron chi connectivity index (χ1n) is 7.77. The summed E-state index contributed by atoms with van der Waals surface area (Å²) in [6.07, 6.45) is 1.76. The Bertz CT molecular complexity index is 1080. The van der Waals surface area contributed by atoms with E-state index in [9.17, 15) is 4.39 Å². The molecule has 2 heterocycles. The molecule has 0 saturated carbocycles. The van der Waals surface area contributed by atoms with E-state index in [4.69, 9.17) is 9.88 Å². The Labute approximate surface area is 148 Å². The second-order valence-electron chi connectivity index (χ2n) is 5.71. The van der Waals surface area contributed by atoms with Crippen molar-refractivity contribution in [3.05, 3.63) is 66.1 Å². The third-order valence-corrected chi connectivity index (χ3v) is 4.84. The maximum absolute atomic E-state index is 14.4. The standard InChI is InChI=1S/C19H16FN3OS/c1-24-13-5-7-17-15(9-13)19-18(3-2-8-22-19)23(17)11-12-4-6-14(25-21)10-16(12)20/h2-10H,11,21H2,1H3. The van der Waals surface area contributed by atoms with Crippen molar-refractivity contribution >= 4 is 33.9 Å². The molecule has 4 rings (SSSR count). The molecule has 0 spiro atoms. The molecule has 0 amide bonds. The number of nitrogens with two attached hydrogens (primary N) is 1. The molecule has 0 aliphatic rings. The molecule has 2 aromatic carbocycles. The van der Waals surface area contributed by atoms with Gasteiger partial charge in [-0.2, -0.15) is 0 Å². The average molecular weight is 353 g/mol. The summed E-state index contributed by atoms with van der Waals surface area (Å²) in [6, 6.07) is 14.8. The quantitative estimate of drug-likeness (QED) is 0.554. The third-order valence-electron chi connectivity index (χ3n) is 4.32. The van der Waals surface area contributed by atoms with Gasteiger partial charge in [-0.15, -0.1) is 0 Å². The largest absolute Gasteiger partial charge is 0.497 e. The molecular formula is C19H16FN3OS. The van der Waals surface area contributed by atoms with E-state index in [1.165, 1.54) is 6.07 Å². The SMILES string of the molecule is COc1ccc2c(c1)c1ncccc1n2Cc1ccc(SN)cc1F. The zero-order chi connectivity index (χ0) is 17.4. The molecule has 4 aromatic rings. The van der Waals surface area contributed by atoms with E-state index < -0.39 is 0 Å². The summed E-state index contributed by atoms with van der Waals surface area (Å²) in [7, 11) is 1.64. The molecule has 0 aliphatic carbocycles. The molecule has 6 heteroatoms. The molecule has 126 valence electrons. The summed E-state index contributed by atoms with van der Waals surface area (Å²) in [5.74, 6) is 0.510. The van der Waals surface area contributed by atoms with Crippen LogP contribution in [0, 0.1) is 5.82 Å². The summed E-state index contributed by atoms with van der Waals surface area (Å²) in [5.41, 5.74) is 3.44. The molecule has 2 N–H and O–H groups in total. The summed E-state index contributed by atoms with van der Waals surface area (Å²) < 4.78 is 21.8. The number of nitrogens with zero attached hydrogens (tertiary/aromatic N) is 2. The Kier molecular flexibility index (Phi) is 4.07. The predicted molar refractivity (Wildman–Crippen MR) is 99.3 cm³/mol. The van der Waals surface area contributed by atoms with Crippen molar-refractivity contribution in [2.24, 2.45) is 5.14 Å². The fourth-order valence-electron chi connectivity index (χ4n) is 3.09. The number of fused-ring (bicyclic) bond motifs is 3. The molecule has 0 unspecified atom stereocenters. The maximum atomic E-state index is 14.4. The molecule has 2 aromatic heterocycles. The number of benzene rings is 2. The minimum Gasteiger partial charge on any atom is -0.497 e. The first kappa shape index (κ1) is 15.9. The average Bonchev–Trinajstić information content (AvgIpc) is 2.96. The van der Waals surface area contributed by atoms with Crippen molar-refractivity contribution in [3.8, 4) is 5.75 Å². The fourth-order valence-corrected chi connectivity index (χ4v) is 3.41. The van der Waals surface area contributed by atoms with Crippen LogP contribution in [0.2, 0.25) is 0 Å². The van der Waals surface area contributed by atoms with Gasteiger partial charge in [0.15, 0.2) is 0 Å². The number of aromatic nitrogens is 2. The van der Waals surface area contributed by atoms with Crippen LogP contribution >= 0.6 is 11.9 Å². The number of ether oxygens (including phenoxy) is 1. The smallest absolute Gasteiger partial charge is 0.129 e. The highest BCUT2D eigenvalue weighted by molar-refractivity contribution is 7.97. The lowest BCUT2D eigenvalue weighted by molar-refractivity contribution is 0.415. The Balaban J connectivity index is 1.91. The molecule has 0 radical (unpaired) electrons. The van der Waals surface area contributed by atoms with E-state index in [1.54, 1.807) is 19.4 Å². The topological polar surface area (TPSA) is 53.1 Å². The van der Waals surface area contributed by atoms with Gasteiger partial charge in [0, 0.05) is 22.0 Å². The Morgan fingerprint density at radius 1 is 1.16 bits per heavy atom. The number of rotatable bonds is 4. The lowest BCUT2D eigenvalue weighted by Crippen LogP contribution is -2.02. The van der Waals surface area contributed by atoms with Crippen LogP contribution in [0.15, 0.2) is 59.6 Å². The van der Waals surface area contributed by atoms with Gasteiger partial charge in [-0.05, 0) is 54.4 Å². The third kappa shape index (κ3) is 2.73. The second kappa shape index (κ2) is 6.38.